The number of benzene rings is 2. The van der Waals surface area contributed by atoms with Gasteiger partial charge in [0.05, 0.1) is 18.5 Å². The van der Waals surface area contributed by atoms with E-state index < -0.39 is 0 Å². The summed E-state index contributed by atoms with van der Waals surface area (Å²) >= 11 is 0. The molecule has 0 atom stereocenters. The number of nitrogens with zero attached hydrogens (tertiary/aromatic N) is 2. The molecular weight excluding hydrogens is 392 g/mol. The number of hydrogen-bond acceptors (Lipinski definition) is 5. The molecule has 2 aromatic heterocycles. The van der Waals surface area contributed by atoms with Gasteiger partial charge in [0, 0.05) is 24.5 Å². The number of nitrogens with two attached hydrogens (primary N) is 1. The molecule has 1 amide bonds. The molecule has 2 heterocycles. The van der Waals surface area contributed by atoms with Gasteiger partial charge in [-0.3, -0.25) is 4.79 Å². The van der Waals surface area contributed by atoms with Gasteiger partial charge in [0.2, 0.25) is 0 Å². The predicted octanol–water partition coefficient (Wildman–Crippen LogP) is 3.33. The summed E-state index contributed by atoms with van der Waals surface area (Å²) in [4.78, 5) is 16.8. The van der Waals surface area contributed by atoms with Crippen LogP contribution in [0.25, 0.3) is 16.9 Å². The van der Waals surface area contributed by atoms with E-state index in [1.54, 1.807) is 13.2 Å². The second kappa shape index (κ2) is 9.21. The van der Waals surface area contributed by atoms with E-state index in [4.69, 9.17) is 15.2 Å². The Hall–Kier alpha value is -4.00. The Morgan fingerprint density at radius 2 is 1.94 bits per heavy atom. The van der Waals surface area contributed by atoms with E-state index in [0.717, 1.165) is 17.7 Å². The second-order valence-corrected chi connectivity index (χ2v) is 7.06. The number of amides is 1. The van der Waals surface area contributed by atoms with Crippen molar-refractivity contribution in [2.45, 2.75) is 6.42 Å². The fraction of sp³-hybridized carbons (Fsp3) is 0.167. The molecule has 0 saturated carbocycles. The number of nitrogen functional groups attached to an aromatic ring is 1. The highest BCUT2D eigenvalue weighted by molar-refractivity contribution is 5.78. The number of imidazole rings is 1. The van der Waals surface area contributed by atoms with Crippen LogP contribution in [0.15, 0.2) is 73.1 Å². The number of aromatic nitrogens is 2. The van der Waals surface area contributed by atoms with Crippen LogP contribution < -0.4 is 20.5 Å². The first-order valence-corrected chi connectivity index (χ1v) is 9.99. The number of carbonyl (C=O) groups is 1. The Balaban J connectivity index is 1.41. The lowest BCUT2D eigenvalue weighted by Crippen LogP contribution is -2.30. The topological polar surface area (TPSA) is 90.9 Å². The first kappa shape index (κ1) is 20.3. The van der Waals surface area contributed by atoms with E-state index in [0.29, 0.717) is 29.4 Å². The van der Waals surface area contributed by atoms with Crippen LogP contribution in [0.1, 0.15) is 5.56 Å². The quantitative estimate of drug-likeness (QED) is 0.430. The van der Waals surface area contributed by atoms with Gasteiger partial charge in [-0.05, 0) is 42.3 Å². The highest BCUT2D eigenvalue weighted by Crippen LogP contribution is 2.29. The van der Waals surface area contributed by atoms with Crippen LogP contribution in [0.5, 0.6) is 11.5 Å². The van der Waals surface area contributed by atoms with Crippen molar-refractivity contribution in [3.05, 3.63) is 78.6 Å². The lowest BCUT2D eigenvalue weighted by Gasteiger charge is -2.08. The summed E-state index contributed by atoms with van der Waals surface area (Å²) in [5.74, 6) is 0.982. The van der Waals surface area contributed by atoms with Crippen molar-refractivity contribution in [1.82, 2.24) is 14.7 Å². The second-order valence-electron chi connectivity index (χ2n) is 7.06. The third-order valence-corrected chi connectivity index (χ3v) is 4.91. The van der Waals surface area contributed by atoms with E-state index in [9.17, 15) is 4.79 Å². The number of methoxy groups -OCH3 is 1. The molecule has 7 nitrogen and oxygen atoms in total. The number of rotatable bonds is 8. The molecule has 7 heteroatoms. The Labute approximate surface area is 180 Å². The molecule has 0 bridgehead atoms. The SMILES string of the molecule is COc1ccc(-c2cn3cccc(OCC(=O)NCCc4ccccc4)c3n2)cc1N. The van der Waals surface area contributed by atoms with Crippen molar-refractivity contribution >= 4 is 17.2 Å². The third-order valence-electron chi connectivity index (χ3n) is 4.91. The highest BCUT2D eigenvalue weighted by atomic mass is 16.5. The average Bonchev–Trinajstić information content (AvgIpc) is 3.23. The van der Waals surface area contributed by atoms with Crippen molar-refractivity contribution in [3.8, 4) is 22.8 Å². The first-order valence-electron chi connectivity index (χ1n) is 9.99. The van der Waals surface area contributed by atoms with Gasteiger partial charge in [-0.15, -0.1) is 0 Å². The summed E-state index contributed by atoms with van der Waals surface area (Å²) in [5.41, 5.74) is 9.99. The first-order chi connectivity index (χ1) is 15.1. The largest absolute Gasteiger partial charge is 0.495 e. The molecule has 0 saturated heterocycles. The van der Waals surface area contributed by atoms with Crippen LogP contribution in [0.2, 0.25) is 0 Å². The minimum Gasteiger partial charge on any atom is -0.495 e. The molecule has 0 aliphatic rings. The standard InChI is InChI=1S/C24H24N4O3/c1-30-21-10-9-18(14-19(21)25)20-15-28-13-5-8-22(24(28)27-20)31-16-23(29)26-12-11-17-6-3-2-4-7-17/h2-10,13-15H,11-12,16,25H2,1H3,(H,26,29). The molecule has 0 fully saturated rings. The van der Waals surface area contributed by atoms with Gasteiger partial charge >= 0.3 is 0 Å². The van der Waals surface area contributed by atoms with Crippen LogP contribution in [-0.2, 0) is 11.2 Å². The number of carbonyl (C=O) groups excluding carboxylic acids is 1. The monoisotopic (exact) mass is 416 g/mol. The van der Waals surface area contributed by atoms with Crippen LogP contribution in [0.3, 0.4) is 0 Å². The van der Waals surface area contributed by atoms with Gasteiger partial charge in [-0.1, -0.05) is 30.3 Å². The maximum absolute atomic E-state index is 12.2. The highest BCUT2D eigenvalue weighted by Gasteiger charge is 2.12. The lowest BCUT2D eigenvalue weighted by atomic mass is 10.1. The number of pyridine rings is 1. The van der Waals surface area contributed by atoms with Crippen molar-refractivity contribution in [1.29, 1.82) is 0 Å². The van der Waals surface area contributed by atoms with Crippen molar-refractivity contribution < 1.29 is 14.3 Å². The Bertz CT molecular complexity index is 1190. The van der Waals surface area contributed by atoms with Gasteiger partial charge in [0.1, 0.15) is 5.75 Å². The molecule has 0 spiro atoms. The number of fused-ring (bicyclic) bond motifs is 1. The van der Waals surface area contributed by atoms with Crippen molar-refractivity contribution in [2.75, 3.05) is 26.0 Å². The molecule has 158 valence electrons. The zero-order chi connectivity index (χ0) is 21.6. The number of ether oxygens (including phenoxy) is 2. The lowest BCUT2D eigenvalue weighted by molar-refractivity contribution is -0.123. The van der Waals surface area contributed by atoms with Gasteiger partial charge in [0.15, 0.2) is 18.0 Å². The molecular formula is C24H24N4O3. The fourth-order valence-electron chi connectivity index (χ4n) is 3.32. The molecule has 2 aromatic carbocycles. The summed E-state index contributed by atoms with van der Waals surface area (Å²) in [5, 5.41) is 2.88. The zero-order valence-corrected chi connectivity index (χ0v) is 17.2. The van der Waals surface area contributed by atoms with Gasteiger partial charge < -0.3 is 24.9 Å². The van der Waals surface area contributed by atoms with E-state index in [2.05, 4.69) is 10.3 Å². The summed E-state index contributed by atoms with van der Waals surface area (Å²) in [6.45, 7) is 0.481. The maximum Gasteiger partial charge on any atom is 0.257 e. The van der Waals surface area contributed by atoms with Crippen LogP contribution >= 0.6 is 0 Å². The molecule has 4 rings (SSSR count). The Morgan fingerprint density at radius 3 is 2.71 bits per heavy atom. The van der Waals surface area contributed by atoms with Crippen LogP contribution in [-0.4, -0.2) is 35.6 Å². The molecule has 3 N–H and O–H groups in total. The van der Waals surface area contributed by atoms with Gasteiger partial charge in [-0.2, -0.15) is 0 Å². The molecule has 0 unspecified atom stereocenters. The molecule has 4 aromatic rings. The van der Waals surface area contributed by atoms with E-state index >= 15 is 0 Å². The minimum atomic E-state index is -0.173. The van der Waals surface area contributed by atoms with Gasteiger partial charge in [-0.25, -0.2) is 4.98 Å². The number of anilines is 1. The van der Waals surface area contributed by atoms with Gasteiger partial charge in [0.25, 0.3) is 5.91 Å². The molecule has 31 heavy (non-hydrogen) atoms. The zero-order valence-electron chi connectivity index (χ0n) is 17.2. The van der Waals surface area contributed by atoms with Crippen LogP contribution in [0, 0.1) is 0 Å². The third kappa shape index (κ3) is 4.78. The van der Waals surface area contributed by atoms with E-state index in [1.807, 2.05) is 71.4 Å². The smallest absolute Gasteiger partial charge is 0.257 e. The Kier molecular flexibility index (Phi) is 6.03. The average molecular weight is 416 g/mol. The summed E-state index contributed by atoms with van der Waals surface area (Å²) in [7, 11) is 1.58. The Morgan fingerprint density at radius 1 is 1.10 bits per heavy atom. The number of hydrogen-bond donors (Lipinski definition) is 2. The summed E-state index contributed by atoms with van der Waals surface area (Å²) in [6, 6.07) is 19.2. The van der Waals surface area contributed by atoms with Crippen molar-refractivity contribution in [2.24, 2.45) is 0 Å². The maximum atomic E-state index is 12.2. The van der Waals surface area contributed by atoms with E-state index in [-0.39, 0.29) is 12.5 Å². The van der Waals surface area contributed by atoms with Crippen LogP contribution in [0.4, 0.5) is 5.69 Å². The predicted molar refractivity (Wildman–Crippen MR) is 120 cm³/mol. The fourth-order valence-corrected chi connectivity index (χ4v) is 3.32. The summed E-state index contributed by atoms with van der Waals surface area (Å²) < 4.78 is 12.8. The van der Waals surface area contributed by atoms with E-state index in [1.165, 1.54) is 5.56 Å². The van der Waals surface area contributed by atoms with Crippen molar-refractivity contribution in [3.63, 3.8) is 0 Å². The molecule has 0 aliphatic heterocycles. The summed E-state index contributed by atoms with van der Waals surface area (Å²) in [6.07, 6.45) is 4.55. The minimum absolute atomic E-state index is 0.0772. The molecule has 0 radical (unpaired) electrons. The normalized spacial score (nSPS) is 10.7. The molecule has 0 aliphatic carbocycles. The number of nitrogens with one attached hydrogen (secondary N) is 1.